The maximum absolute atomic E-state index is 14.2. The quantitative estimate of drug-likeness (QED) is 0.735. The highest BCUT2D eigenvalue weighted by Crippen LogP contribution is 2.24. The first-order valence-electron chi connectivity index (χ1n) is 8.89. The number of hydrogen-bond acceptors (Lipinski definition) is 4. The van der Waals surface area contributed by atoms with Gasteiger partial charge in [-0.2, -0.15) is 13.1 Å². The highest BCUT2D eigenvalue weighted by atomic mass is 32.2. The monoisotopic (exact) mass is 428 g/mol. The number of carbonyl (C=O) groups excluding carboxylic acids is 1. The van der Waals surface area contributed by atoms with Crippen LogP contribution >= 0.6 is 0 Å². The van der Waals surface area contributed by atoms with E-state index in [1.165, 1.54) is 22.5 Å². The summed E-state index contributed by atoms with van der Waals surface area (Å²) in [6.07, 6.45) is 1.39. The molecule has 1 aliphatic heterocycles. The lowest BCUT2D eigenvalue weighted by atomic mass is 10.1. The van der Waals surface area contributed by atoms with E-state index in [2.05, 4.69) is 10.1 Å². The number of nitrogens with one attached hydrogen (secondary N) is 1. The van der Waals surface area contributed by atoms with E-state index in [0.717, 1.165) is 18.2 Å². The second-order valence-electron chi connectivity index (χ2n) is 6.43. The number of carbonyl (C=O) groups is 1. The molecule has 1 fully saturated rings. The van der Waals surface area contributed by atoms with Gasteiger partial charge in [0, 0.05) is 30.8 Å². The molecule has 0 bridgehead atoms. The van der Waals surface area contributed by atoms with Crippen LogP contribution in [0.25, 0.3) is 0 Å². The average molecular weight is 428 g/mol. The van der Waals surface area contributed by atoms with E-state index < -0.39 is 33.3 Å². The molecular weight excluding hydrogens is 409 g/mol. The molecule has 1 saturated heterocycles. The van der Waals surface area contributed by atoms with Crippen LogP contribution < -0.4 is 10.1 Å². The van der Waals surface area contributed by atoms with Crippen LogP contribution in [0.5, 0.6) is 5.75 Å². The minimum atomic E-state index is -4.04. The van der Waals surface area contributed by atoms with Gasteiger partial charge < -0.3 is 10.1 Å². The summed E-state index contributed by atoms with van der Waals surface area (Å²) in [5.41, 5.74) is 0.254. The van der Waals surface area contributed by atoms with Gasteiger partial charge in [-0.25, -0.2) is 12.8 Å². The van der Waals surface area contributed by atoms with Gasteiger partial charge >= 0.3 is 6.61 Å². The number of hydrogen-bond donors (Lipinski definition) is 1. The van der Waals surface area contributed by atoms with Crippen molar-refractivity contribution >= 4 is 15.9 Å². The Kier molecular flexibility index (Phi) is 6.43. The molecule has 1 N–H and O–H groups in total. The zero-order chi connectivity index (χ0) is 21.0. The van der Waals surface area contributed by atoms with Crippen molar-refractivity contribution in [2.24, 2.45) is 0 Å². The molecule has 10 heteroatoms. The summed E-state index contributed by atoms with van der Waals surface area (Å²) in [5.74, 6) is -1.70. The first-order chi connectivity index (χ1) is 13.8. The molecule has 1 amide bonds. The number of ether oxygens (including phenoxy) is 1. The topological polar surface area (TPSA) is 75.7 Å². The average Bonchev–Trinajstić information content (AvgIpc) is 3.22. The largest absolute Gasteiger partial charge is 0.434 e. The lowest BCUT2D eigenvalue weighted by Crippen LogP contribution is -2.29. The third-order valence-electron chi connectivity index (χ3n) is 4.50. The van der Waals surface area contributed by atoms with E-state index >= 15 is 0 Å². The van der Waals surface area contributed by atoms with Crippen LogP contribution in [0.4, 0.5) is 13.2 Å². The molecular formula is C19H19F3N2O4S. The number of benzene rings is 2. The Hall–Kier alpha value is -2.59. The second kappa shape index (κ2) is 8.83. The molecule has 0 saturated carbocycles. The molecule has 0 aliphatic carbocycles. The standard InChI is InChI=1S/C19H19F3N2O4S/c20-15-8-7-13(11-17(15)29(26,27)24-9-3-4-10-24)18(25)23-12-14-5-1-2-6-16(14)28-19(21)22/h1-2,5-8,11,19H,3-4,9-10,12H2,(H,23,25). The van der Waals surface area contributed by atoms with Crippen LogP contribution in [-0.2, 0) is 16.6 Å². The number of halogens is 3. The van der Waals surface area contributed by atoms with Crippen molar-refractivity contribution in [3.63, 3.8) is 0 Å². The zero-order valence-electron chi connectivity index (χ0n) is 15.3. The first kappa shape index (κ1) is 21.1. The zero-order valence-corrected chi connectivity index (χ0v) is 16.1. The number of rotatable bonds is 7. The summed E-state index contributed by atoms with van der Waals surface area (Å²) >= 11 is 0. The van der Waals surface area contributed by atoms with Crippen molar-refractivity contribution in [1.29, 1.82) is 0 Å². The summed E-state index contributed by atoms with van der Waals surface area (Å²) in [6.45, 7) is -2.53. The van der Waals surface area contributed by atoms with Crippen molar-refractivity contribution in [1.82, 2.24) is 9.62 Å². The van der Waals surface area contributed by atoms with Gasteiger partial charge in [0.05, 0.1) is 0 Å². The first-order valence-corrected chi connectivity index (χ1v) is 10.3. The molecule has 1 heterocycles. The lowest BCUT2D eigenvalue weighted by molar-refractivity contribution is -0.0504. The van der Waals surface area contributed by atoms with Gasteiger partial charge in [-0.1, -0.05) is 18.2 Å². The predicted molar refractivity (Wildman–Crippen MR) is 98.6 cm³/mol. The minimum absolute atomic E-state index is 0.0589. The van der Waals surface area contributed by atoms with Gasteiger partial charge in [0.15, 0.2) is 0 Å². The van der Waals surface area contributed by atoms with Crippen molar-refractivity contribution in [2.75, 3.05) is 13.1 Å². The third-order valence-corrected chi connectivity index (χ3v) is 6.42. The van der Waals surface area contributed by atoms with Crippen molar-refractivity contribution in [3.8, 4) is 5.75 Å². The molecule has 0 spiro atoms. The second-order valence-corrected chi connectivity index (χ2v) is 8.33. The Bertz CT molecular complexity index is 993. The van der Waals surface area contributed by atoms with E-state index in [-0.39, 0.29) is 17.9 Å². The van der Waals surface area contributed by atoms with Gasteiger partial charge in [0.25, 0.3) is 5.91 Å². The Morgan fingerprint density at radius 3 is 2.52 bits per heavy atom. The lowest BCUT2D eigenvalue weighted by Gasteiger charge is -2.16. The SMILES string of the molecule is O=C(NCc1ccccc1OC(F)F)c1ccc(F)c(S(=O)(=O)N2CCCC2)c1. The molecule has 0 unspecified atom stereocenters. The Labute approximate surface area is 166 Å². The van der Waals surface area contributed by atoms with Crippen LogP contribution in [0, 0.1) is 5.82 Å². The number of sulfonamides is 1. The predicted octanol–water partition coefficient (Wildman–Crippen LogP) is 3.14. The van der Waals surface area contributed by atoms with Gasteiger partial charge in [-0.05, 0) is 37.1 Å². The number of alkyl halides is 2. The van der Waals surface area contributed by atoms with Crippen LogP contribution in [-0.4, -0.2) is 38.3 Å². The minimum Gasteiger partial charge on any atom is -0.434 e. The molecule has 2 aromatic carbocycles. The van der Waals surface area contributed by atoms with Crippen LogP contribution in [0.3, 0.4) is 0 Å². The molecule has 3 rings (SSSR count). The Morgan fingerprint density at radius 2 is 1.83 bits per heavy atom. The van der Waals surface area contributed by atoms with Crippen molar-refractivity contribution < 1.29 is 31.1 Å². The summed E-state index contributed by atoms with van der Waals surface area (Å²) in [5, 5.41) is 2.50. The summed E-state index contributed by atoms with van der Waals surface area (Å²) in [6, 6.07) is 9.02. The highest BCUT2D eigenvalue weighted by Gasteiger charge is 2.30. The van der Waals surface area contributed by atoms with Gasteiger partial charge in [-0.3, -0.25) is 4.79 Å². The van der Waals surface area contributed by atoms with E-state index in [1.807, 2.05) is 0 Å². The summed E-state index contributed by atoms with van der Waals surface area (Å²) in [4.78, 5) is 11.9. The third kappa shape index (κ3) is 4.88. The number of nitrogens with zero attached hydrogens (tertiary/aromatic N) is 1. The smallest absolute Gasteiger partial charge is 0.387 e. The van der Waals surface area contributed by atoms with Crippen LogP contribution in [0.2, 0.25) is 0 Å². The van der Waals surface area contributed by atoms with E-state index in [9.17, 15) is 26.4 Å². The fourth-order valence-corrected chi connectivity index (χ4v) is 4.66. The van der Waals surface area contributed by atoms with Crippen LogP contribution in [0.15, 0.2) is 47.4 Å². The van der Waals surface area contributed by atoms with Crippen molar-refractivity contribution in [3.05, 3.63) is 59.4 Å². The molecule has 29 heavy (non-hydrogen) atoms. The maximum Gasteiger partial charge on any atom is 0.387 e. The fourth-order valence-electron chi connectivity index (χ4n) is 3.05. The molecule has 156 valence electrons. The molecule has 1 aliphatic rings. The molecule has 6 nitrogen and oxygen atoms in total. The molecule has 0 aromatic heterocycles. The van der Waals surface area contributed by atoms with Crippen molar-refractivity contribution in [2.45, 2.75) is 30.9 Å². The Morgan fingerprint density at radius 1 is 1.14 bits per heavy atom. The van der Waals surface area contributed by atoms with Gasteiger partial charge in [-0.15, -0.1) is 0 Å². The highest BCUT2D eigenvalue weighted by molar-refractivity contribution is 7.89. The summed E-state index contributed by atoms with van der Waals surface area (Å²) in [7, 11) is -4.04. The van der Waals surface area contributed by atoms with Gasteiger partial charge in [0.1, 0.15) is 16.5 Å². The van der Waals surface area contributed by atoms with E-state index in [0.29, 0.717) is 31.5 Å². The molecule has 2 aromatic rings. The van der Waals surface area contributed by atoms with Gasteiger partial charge in [0.2, 0.25) is 10.0 Å². The number of amides is 1. The Balaban J connectivity index is 1.77. The fraction of sp³-hybridized carbons (Fsp3) is 0.316. The van der Waals surface area contributed by atoms with E-state index in [4.69, 9.17) is 0 Å². The molecule has 0 radical (unpaired) electrons. The maximum atomic E-state index is 14.2. The number of para-hydroxylation sites is 1. The molecule has 0 atom stereocenters. The van der Waals surface area contributed by atoms with Crippen LogP contribution in [0.1, 0.15) is 28.8 Å². The van der Waals surface area contributed by atoms with E-state index in [1.54, 1.807) is 6.07 Å². The normalized spacial score (nSPS) is 14.9. The summed E-state index contributed by atoms with van der Waals surface area (Å²) < 4.78 is 70.0.